The van der Waals surface area contributed by atoms with Crippen LogP contribution in [0.15, 0.2) is 6.20 Å². The van der Waals surface area contributed by atoms with Crippen molar-refractivity contribution < 1.29 is 0 Å². The van der Waals surface area contributed by atoms with Gasteiger partial charge in [-0.15, -0.1) is 0 Å². The second kappa shape index (κ2) is 3.27. The van der Waals surface area contributed by atoms with Gasteiger partial charge in [0.1, 0.15) is 5.82 Å². The minimum atomic E-state index is 0.934. The molecule has 1 aliphatic rings. The fraction of sp³-hybridized carbons (Fsp3) is 0.667. The maximum atomic E-state index is 4.54. The summed E-state index contributed by atoms with van der Waals surface area (Å²) < 4.78 is 2.27. The Hall–Kier alpha value is -0.830. The lowest BCUT2D eigenvalue weighted by atomic mass is 10.3. The quantitative estimate of drug-likeness (QED) is 0.706. The van der Waals surface area contributed by atoms with E-state index in [1.807, 2.05) is 0 Å². The normalized spacial score (nSPS) is 16.1. The molecule has 1 aromatic heterocycles. The smallest absolute Gasteiger partial charge is 0.123 e. The second-order valence-corrected chi connectivity index (χ2v) is 3.27. The van der Waals surface area contributed by atoms with Crippen LogP contribution in [-0.4, -0.2) is 16.1 Å². The third-order valence-corrected chi connectivity index (χ3v) is 2.23. The van der Waals surface area contributed by atoms with E-state index in [0.29, 0.717) is 0 Å². The summed E-state index contributed by atoms with van der Waals surface area (Å²) in [5.41, 5.74) is 1.25. The van der Waals surface area contributed by atoms with Crippen LogP contribution in [0.3, 0.4) is 0 Å². The minimum Gasteiger partial charge on any atom is -0.332 e. The Balaban J connectivity index is 2.20. The van der Waals surface area contributed by atoms with Gasteiger partial charge >= 0.3 is 0 Å². The van der Waals surface area contributed by atoms with Gasteiger partial charge in [-0.1, -0.05) is 13.3 Å². The van der Waals surface area contributed by atoms with Crippen LogP contribution in [0, 0.1) is 0 Å². The summed E-state index contributed by atoms with van der Waals surface area (Å²) in [4.78, 5) is 4.54. The molecule has 0 saturated carbocycles. The Kier molecular flexibility index (Phi) is 2.13. The highest BCUT2D eigenvalue weighted by atomic mass is 15.1. The zero-order chi connectivity index (χ0) is 8.39. The SMILES string of the molecule is CCCc1cn2c(n1)CNCC2. The number of aryl methyl sites for hydroxylation is 1. The molecule has 1 aliphatic heterocycles. The van der Waals surface area contributed by atoms with Gasteiger partial charge in [-0.2, -0.15) is 0 Å². The predicted molar refractivity (Wildman–Crippen MR) is 47.9 cm³/mol. The number of hydrogen-bond donors (Lipinski definition) is 1. The molecular formula is C9H15N3. The summed E-state index contributed by atoms with van der Waals surface area (Å²) in [6, 6.07) is 0. The van der Waals surface area contributed by atoms with Crippen molar-refractivity contribution in [3.8, 4) is 0 Å². The first-order valence-corrected chi connectivity index (χ1v) is 4.66. The average molecular weight is 165 g/mol. The topological polar surface area (TPSA) is 29.9 Å². The molecule has 1 aromatic rings. The number of aromatic nitrogens is 2. The Morgan fingerprint density at radius 3 is 3.33 bits per heavy atom. The van der Waals surface area contributed by atoms with Crippen molar-refractivity contribution in [2.45, 2.75) is 32.9 Å². The van der Waals surface area contributed by atoms with E-state index in [0.717, 1.165) is 26.1 Å². The van der Waals surface area contributed by atoms with Crippen molar-refractivity contribution in [2.75, 3.05) is 6.54 Å². The van der Waals surface area contributed by atoms with Gasteiger partial charge in [0.25, 0.3) is 0 Å². The fourth-order valence-electron chi connectivity index (χ4n) is 1.62. The molecule has 12 heavy (non-hydrogen) atoms. The lowest BCUT2D eigenvalue weighted by Gasteiger charge is -2.13. The molecule has 0 radical (unpaired) electrons. The molecule has 0 aliphatic carbocycles. The van der Waals surface area contributed by atoms with Crippen LogP contribution in [0.25, 0.3) is 0 Å². The van der Waals surface area contributed by atoms with Gasteiger partial charge in [0, 0.05) is 19.3 Å². The average Bonchev–Trinajstić information content (AvgIpc) is 2.47. The highest BCUT2D eigenvalue weighted by molar-refractivity contribution is 5.05. The van der Waals surface area contributed by atoms with E-state index >= 15 is 0 Å². The van der Waals surface area contributed by atoms with Crippen LogP contribution in [0.4, 0.5) is 0 Å². The molecule has 0 atom stereocenters. The minimum absolute atomic E-state index is 0.934. The highest BCUT2D eigenvalue weighted by Crippen LogP contribution is 2.07. The molecule has 0 unspecified atom stereocenters. The molecule has 0 amide bonds. The zero-order valence-electron chi connectivity index (χ0n) is 7.51. The van der Waals surface area contributed by atoms with Crippen molar-refractivity contribution >= 4 is 0 Å². The number of imidazole rings is 1. The van der Waals surface area contributed by atoms with Crippen molar-refractivity contribution in [1.82, 2.24) is 14.9 Å². The molecule has 0 bridgehead atoms. The maximum Gasteiger partial charge on any atom is 0.123 e. The lowest BCUT2D eigenvalue weighted by molar-refractivity contribution is 0.505. The maximum absolute atomic E-state index is 4.54. The van der Waals surface area contributed by atoms with Crippen LogP contribution in [0.5, 0.6) is 0 Å². The van der Waals surface area contributed by atoms with Gasteiger partial charge < -0.3 is 9.88 Å². The van der Waals surface area contributed by atoms with E-state index < -0.39 is 0 Å². The highest BCUT2D eigenvalue weighted by Gasteiger charge is 2.10. The van der Waals surface area contributed by atoms with Gasteiger partial charge in [-0.3, -0.25) is 0 Å². The summed E-state index contributed by atoms with van der Waals surface area (Å²) in [5.74, 6) is 1.20. The molecule has 2 heterocycles. The molecule has 3 nitrogen and oxygen atoms in total. The number of fused-ring (bicyclic) bond motifs is 1. The first-order chi connectivity index (χ1) is 5.90. The summed E-state index contributed by atoms with van der Waals surface area (Å²) in [5, 5.41) is 3.31. The molecule has 3 heteroatoms. The number of nitrogens with one attached hydrogen (secondary N) is 1. The van der Waals surface area contributed by atoms with E-state index in [-0.39, 0.29) is 0 Å². The van der Waals surface area contributed by atoms with E-state index in [4.69, 9.17) is 0 Å². The molecule has 0 spiro atoms. The van der Waals surface area contributed by atoms with Crippen LogP contribution in [-0.2, 0) is 19.5 Å². The van der Waals surface area contributed by atoms with Gasteiger partial charge in [0.2, 0.25) is 0 Å². The summed E-state index contributed by atoms with van der Waals surface area (Å²) in [7, 11) is 0. The van der Waals surface area contributed by atoms with Gasteiger partial charge in [-0.25, -0.2) is 4.98 Å². The third kappa shape index (κ3) is 1.37. The molecule has 0 aromatic carbocycles. The predicted octanol–water partition coefficient (Wildman–Crippen LogP) is 0.939. The van der Waals surface area contributed by atoms with Gasteiger partial charge in [0.15, 0.2) is 0 Å². The Bertz CT molecular complexity index is 241. The fourth-order valence-corrected chi connectivity index (χ4v) is 1.62. The number of hydrogen-bond acceptors (Lipinski definition) is 2. The standard InChI is InChI=1S/C9H15N3/c1-2-3-8-7-12-5-4-10-6-9(12)11-8/h7,10H,2-6H2,1H3. The van der Waals surface area contributed by atoms with Crippen LogP contribution in [0.2, 0.25) is 0 Å². The monoisotopic (exact) mass is 165 g/mol. The van der Waals surface area contributed by atoms with Gasteiger partial charge in [0.05, 0.1) is 12.2 Å². The van der Waals surface area contributed by atoms with Crippen LogP contribution >= 0.6 is 0 Å². The zero-order valence-corrected chi connectivity index (χ0v) is 7.51. The van der Waals surface area contributed by atoms with E-state index in [9.17, 15) is 0 Å². The van der Waals surface area contributed by atoms with Crippen molar-refractivity contribution in [1.29, 1.82) is 0 Å². The van der Waals surface area contributed by atoms with Crippen molar-refractivity contribution in [2.24, 2.45) is 0 Å². The van der Waals surface area contributed by atoms with Crippen molar-refractivity contribution in [3.05, 3.63) is 17.7 Å². The van der Waals surface area contributed by atoms with E-state index in [2.05, 4.69) is 28.0 Å². The van der Waals surface area contributed by atoms with Crippen LogP contribution < -0.4 is 5.32 Å². The Morgan fingerprint density at radius 2 is 2.58 bits per heavy atom. The summed E-state index contributed by atoms with van der Waals surface area (Å²) in [6.07, 6.45) is 4.49. The lowest BCUT2D eigenvalue weighted by Crippen LogP contribution is -2.27. The third-order valence-electron chi connectivity index (χ3n) is 2.23. The molecule has 2 rings (SSSR count). The summed E-state index contributed by atoms with van der Waals surface area (Å²) in [6.45, 7) is 5.28. The van der Waals surface area contributed by atoms with Gasteiger partial charge in [-0.05, 0) is 6.42 Å². The summed E-state index contributed by atoms with van der Waals surface area (Å²) >= 11 is 0. The van der Waals surface area contributed by atoms with Crippen molar-refractivity contribution in [3.63, 3.8) is 0 Å². The van der Waals surface area contributed by atoms with E-state index in [1.54, 1.807) is 0 Å². The molecule has 0 fully saturated rings. The second-order valence-electron chi connectivity index (χ2n) is 3.27. The molecule has 0 saturated heterocycles. The molecule has 1 N–H and O–H groups in total. The van der Waals surface area contributed by atoms with Crippen LogP contribution in [0.1, 0.15) is 24.9 Å². The Morgan fingerprint density at radius 1 is 1.67 bits per heavy atom. The molecular weight excluding hydrogens is 150 g/mol. The number of rotatable bonds is 2. The number of nitrogens with zero attached hydrogens (tertiary/aromatic N) is 2. The molecule has 66 valence electrons. The largest absolute Gasteiger partial charge is 0.332 e. The van der Waals surface area contributed by atoms with E-state index in [1.165, 1.54) is 17.9 Å². The first kappa shape index (κ1) is 7.80. The first-order valence-electron chi connectivity index (χ1n) is 4.66. The Labute approximate surface area is 72.8 Å².